The van der Waals surface area contributed by atoms with Crippen molar-refractivity contribution in [3.63, 3.8) is 0 Å². The molecule has 5 nitrogen and oxygen atoms in total. The lowest BCUT2D eigenvalue weighted by Crippen LogP contribution is -2.52. The van der Waals surface area contributed by atoms with Crippen LogP contribution in [0.3, 0.4) is 0 Å². The summed E-state index contributed by atoms with van der Waals surface area (Å²) < 4.78 is 5.26. The van der Waals surface area contributed by atoms with E-state index in [0.717, 1.165) is 30.4 Å². The van der Waals surface area contributed by atoms with Crippen molar-refractivity contribution in [2.75, 3.05) is 0 Å². The van der Waals surface area contributed by atoms with Crippen LogP contribution in [0.2, 0.25) is 0 Å². The number of carbonyl (C=O) groups excluding carboxylic acids is 2. The maximum atomic E-state index is 12.3. The number of aryl methyl sites for hydroxylation is 2. The van der Waals surface area contributed by atoms with Gasteiger partial charge in [-0.2, -0.15) is 5.26 Å². The van der Waals surface area contributed by atoms with Crippen molar-refractivity contribution in [3.05, 3.63) is 34.9 Å². The highest BCUT2D eigenvalue weighted by Gasteiger charge is 2.35. The summed E-state index contributed by atoms with van der Waals surface area (Å²) in [7, 11) is 0. The smallest absolute Gasteiger partial charge is 0.338 e. The molecule has 0 unspecified atom stereocenters. The first-order valence-corrected chi connectivity index (χ1v) is 8.38. The Morgan fingerprint density at radius 2 is 1.88 bits per heavy atom. The third-order valence-electron chi connectivity index (χ3n) is 4.68. The summed E-state index contributed by atoms with van der Waals surface area (Å²) in [5, 5.41) is 12.2. The summed E-state index contributed by atoms with van der Waals surface area (Å²) in [6.07, 6.45) is 3.28. The second kappa shape index (κ2) is 7.48. The second-order valence-electron chi connectivity index (χ2n) is 6.59. The number of rotatable bonds is 4. The van der Waals surface area contributed by atoms with Crippen molar-refractivity contribution >= 4 is 11.9 Å². The van der Waals surface area contributed by atoms with Crippen LogP contribution < -0.4 is 5.32 Å². The van der Waals surface area contributed by atoms with Gasteiger partial charge in [0, 0.05) is 0 Å². The topological polar surface area (TPSA) is 79.2 Å². The Kier molecular flexibility index (Phi) is 5.61. The molecule has 1 aliphatic rings. The minimum absolute atomic E-state index is 0.421. The second-order valence-corrected chi connectivity index (χ2v) is 6.59. The van der Waals surface area contributed by atoms with E-state index >= 15 is 0 Å². The highest BCUT2D eigenvalue weighted by atomic mass is 16.5. The van der Waals surface area contributed by atoms with Gasteiger partial charge in [0.05, 0.1) is 11.6 Å². The molecule has 1 aromatic carbocycles. The van der Waals surface area contributed by atoms with E-state index in [4.69, 9.17) is 4.74 Å². The third kappa shape index (κ3) is 4.14. The van der Waals surface area contributed by atoms with Crippen molar-refractivity contribution in [1.82, 2.24) is 5.32 Å². The number of esters is 1. The molecule has 1 amide bonds. The SMILES string of the molecule is Cc1ccc(C(=O)O[C@@H](C)C(=O)NC2(C#N)CCCCC2)cc1C. The van der Waals surface area contributed by atoms with Crippen LogP contribution in [-0.2, 0) is 9.53 Å². The third-order valence-corrected chi connectivity index (χ3v) is 4.68. The van der Waals surface area contributed by atoms with Gasteiger partial charge in [0.15, 0.2) is 6.10 Å². The van der Waals surface area contributed by atoms with Crippen molar-refractivity contribution in [2.45, 2.75) is 64.5 Å². The van der Waals surface area contributed by atoms with Crippen LogP contribution in [0.1, 0.15) is 60.5 Å². The fraction of sp³-hybridized carbons (Fsp3) is 0.526. The Labute approximate surface area is 143 Å². The van der Waals surface area contributed by atoms with E-state index in [1.807, 2.05) is 19.9 Å². The van der Waals surface area contributed by atoms with Crippen LogP contribution in [0, 0.1) is 25.2 Å². The number of nitrogens with zero attached hydrogens (tertiary/aromatic N) is 1. The van der Waals surface area contributed by atoms with Crippen molar-refractivity contribution in [3.8, 4) is 6.07 Å². The van der Waals surface area contributed by atoms with E-state index in [0.29, 0.717) is 18.4 Å². The Bertz CT molecular complexity index is 670. The molecule has 0 radical (unpaired) electrons. The van der Waals surface area contributed by atoms with Gasteiger partial charge in [-0.05, 0) is 56.9 Å². The van der Waals surface area contributed by atoms with E-state index in [-0.39, 0.29) is 0 Å². The lowest BCUT2D eigenvalue weighted by Gasteiger charge is -2.32. The van der Waals surface area contributed by atoms with Gasteiger partial charge in [-0.15, -0.1) is 0 Å². The van der Waals surface area contributed by atoms with E-state index in [9.17, 15) is 14.9 Å². The number of benzene rings is 1. The minimum Gasteiger partial charge on any atom is -0.449 e. The molecule has 24 heavy (non-hydrogen) atoms. The summed E-state index contributed by atoms with van der Waals surface area (Å²) in [4.78, 5) is 24.5. The molecule has 0 spiro atoms. The van der Waals surface area contributed by atoms with E-state index < -0.39 is 23.5 Å². The molecule has 1 N–H and O–H groups in total. The molecule has 0 aliphatic heterocycles. The first-order chi connectivity index (χ1) is 11.4. The largest absolute Gasteiger partial charge is 0.449 e. The first-order valence-electron chi connectivity index (χ1n) is 8.38. The van der Waals surface area contributed by atoms with Crippen LogP contribution in [0.15, 0.2) is 18.2 Å². The van der Waals surface area contributed by atoms with Gasteiger partial charge in [-0.25, -0.2) is 4.79 Å². The number of amides is 1. The van der Waals surface area contributed by atoms with Gasteiger partial charge < -0.3 is 10.1 Å². The first kappa shape index (κ1) is 18.0. The Morgan fingerprint density at radius 1 is 1.21 bits per heavy atom. The molecule has 5 heteroatoms. The Morgan fingerprint density at radius 3 is 2.46 bits per heavy atom. The van der Waals surface area contributed by atoms with E-state index in [2.05, 4.69) is 11.4 Å². The average molecular weight is 328 g/mol. The zero-order valence-corrected chi connectivity index (χ0v) is 14.5. The zero-order chi connectivity index (χ0) is 17.7. The number of nitrogens with one attached hydrogen (secondary N) is 1. The van der Waals surface area contributed by atoms with E-state index in [1.54, 1.807) is 12.1 Å². The summed E-state index contributed by atoms with van der Waals surface area (Å²) in [6.45, 7) is 5.41. The van der Waals surface area contributed by atoms with E-state index in [1.165, 1.54) is 6.92 Å². The maximum absolute atomic E-state index is 12.3. The molecule has 1 aromatic rings. The maximum Gasteiger partial charge on any atom is 0.338 e. The molecule has 0 aromatic heterocycles. The summed E-state index contributed by atoms with van der Waals surface area (Å²) in [5.41, 5.74) is 1.68. The molecule has 0 saturated heterocycles. The van der Waals surface area contributed by atoms with Gasteiger partial charge in [0.25, 0.3) is 5.91 Å². The summed E-state index contributed by atoms with van der Waals surface area (Å²) in [5.74, 6) is -0.953. The lowest BCUT2D eigenvalue weighted by atomic mass is 9.83. The zero-order valence-electron chi connectivity index (χ0n) is 14.5. The molecule has 1 fully saturated rings. The molecular weight excluding hydrogens is 304 g/mol. The highest BCUT2D eigenvalue weighted by molar-refractivity contribution is 5.92. The van der Waals surface area contributed by atoms with Gasteiger partial charge in [-0.1, -0.05) is 25.3 Å². The summed E-state index contributed by atoms with van der Waals surface area (Å²) >= 11 is 0. The van der Waals surface area contributed by atoms with Gasteiger partial charge >= 0.3 is 5.97 Å². The van der Waals surface area contributed by atoms with Crippen molar-refractivity contribution < 1.29 is 14.3 Å². The molecule has 0 heterocycles. The average Bonchev–Trinajstić information content (AvgIpc) is 2.58. The van der Waals surface area contributed by atoms with Crippen LogP contribution in [0.25, 0.3) is 0 Å². The molecule has 1 aliphatic carbocycles. The normalized spacial score (nSPS) is 17.4. The number of nitriles is 1. The predicted octanol–water partition coefficient (Wildman–Crippen LogP) is 3.19. The number of carbonyl (C=O) groups is 2. The van der Waals surface area contributed by atoms with Crippen LogP contribution in [-0.4, -0.2) is 23.5 Å². The monoisotopic (exact) mass is 328 g/mol. The molecule has 1 atom stereocenters. The number of hydrogen-bond acceptors (Lipinski definition) is 4. The molecule has 0 bridgehead atoms. The van der Waals surface area contributed by atoms with Gasteiger partial charge in [0.2, 0.25) is 0 Å². The minimum atomic E-state index is -0.939. The Balaban J connectivity index is 1.99. The molecule has 2 rings (SSSR count). The van der Waals surface area contributed by atoms with Gasteiger partial charge in [-0.3, -0.25) is 4.79 Å². The van der Waals surface area contributed by atoms with Gasteiger partial charge in [0.1, 0.15) is 5.54 Å². The Hall–Kier alpha value is -2.35. The predicted molar refractivity (Wildman–Crippen MR) is 90.4 cm³/mol. The molecule has 128 valence electrons. The molecule has 1 saturated carbocycles. The summed E-state index contributed by atoms with van der Waals surface area (Å²) in [6, 6.07) is 7.52. The standard InChI is InChI=1S/C19H24N2O3/c1-13-7-8-16(11-14(13)2)18(23)24-15(3)17(22)21-19(12-20)9-5-4-6-10-19/h7-8,11,15H,4-6,9-10H2,1-3H3,(H,21,22)/t15-/m0/s1. The fourth-order valence-electron chi connectivity index (χ4n) is 2.91. The molecular formula is C19H24N2O3. The number of ether oxygens (including phenoxy) is 1. The fourth-order valence-corrected chi connectivity index (χ4v) is 2.91. The highest BCUT2D eigenvalue weighted by Crippen LogP contribution is 2.27. The number of hydrogen-bond donors (Lipinski definition) is 1. The quantitative estimate of drug-likeness (QED) is 0.861. The van der Waals surface area contributed by atoms with Crippen molar-refractivity contribution in [2.24, 2.45) is 0 Å². The van der Waals surface area contributed by atoms with Crippen LogP contribution >= 0.6 is 0 Å². The van der Waals surface area contributed by atoms with Crippen LogP contribution in [0.4, 0.5) is 0 Å². The van der Waals surface area contributed by atoms with Crippen LogP contribution in [0.5, 0.6) is 0 Å². The van der Waals surface area contributed by atoms with Crippen molar-refractivity contribution in [1.29, 1.82) is 5.26 Å². The lowest BCUT2D eigenvalue weighted by molar-refractivity contribution is -0.130.